The number of carbonyl (C=O) groups is 9. The van der Waals surface area contributed by atoms with Crippen LogP contribution < -0.4 is 65.1 Å². The Morgan fingerprint density at radius 1 is 0.750 bits per heavy atom. The van der Waals surface area contributed by atoms with E-state index < -0.39 is 108 Å². The summed E-state index contributed by atoms with van der Waals surface area (Å²) in [4.78, 5) is 125. The molecule has 0 unspecified atom stereocenters. The van der Waals surface area contributed by atoms with E-state index in [2.05, 4.69) is 68.5 Å². The molecule has 0 saturated carbocycles. The van der Waals surface area contributed by atoms with Gasteiger partial charge in [-0.15, -0.1) is 0 Å². The summed E-state index contributed by atoms with van der Waals surface area (Å²) in [6.07, 6.45) is 4.70. The zero-order valence-corrected chi connectivity index (χ0v) is 38.2. The minimum absolute atomic E-state index is 0.00511. The molecule has 360 valence electrons. The third-order valence-corrected chi connectivity index (χ3v) is 9.82. The van der Waals surface area contributed by atoms with Gasteiger partial charge < -0.3 is 75.1 Å². The summed E-state index contributed by atoms with van der Waals surface area (Å²) in [5.74, 6) is -5.68. The van der Waals surface area contributed by atoms with Crippen LogP contribution in [0.3, 0.4) is 0 Å². The molecule has 0 aromatic carbocycles. The van der Waals surface area contributed by atoms with Crippen molar-refractivity contribution in [1.82, 2.24) is 57.8 Å². The highest BCUT2D eigenvalue weighted by Gasteiger charge is 2.32. The molecular weight excluding hydrogens is 859 g/mol. The van der Waals surface area contributed by atoms with E-state index >= 15 is 0 Å². The number of nitrogens with zero attached hydrogens (tertiary/aromatic N) is 2. The number of imidazole rings is 1. The molecule has 0 aliphatic heterocycles. The number of hydrogen-bond acceptors (Lipinski definition) is 13. The van der Waals surface area contributed by atoms with Crippen molar-refractivity contribution in [2.24, 2.45) is 28.3 Å². The van der Waals surface area contributed by atoms with Crippen molar-refractivity contribution in [2.45, 2.75) is 96.6 Å². The van der Waals surface area contributed by atoms with E-state index in [0.717, 1.165) is 0 Å². The molecule has 26 heteroatoms. The van der Waals surface area contributed by atoms with Crippen LogP contribution in [0.25, 0.3) is 0 Å². The van der Waals surface area contributed by atoms with Crippen LogP contribution in [0.15, 0.2) is 17.5 Å². The highest BCUT2D eigenvalue weighted by molar-refractivity contribution is 7.98. The Hall–Kier alpha value is -6.02. The van der Waals surface area contributed by atoms with Crippen LogP contribution in [-0.2, 0) is 49.6 Å². The quantitative estimate of drug-likeness (QED) is 0.0194. The second-order valence-electron chi connectivity index (χ2n) is 15.3. The summed E-state index contributed by atoms with van der Waals surface area (Å²) >= 11 is 1.47. The Bertz CT molecular complexity index is 1730. The number of carbonyl (C=O) groups excluding carboxylic acids is 9. The smallest absolute Gasteiger partial charge is 0.281 e. The third-order valence-electron chi connectivity index (χ3n) is 9.18. The number of nitrogens with one attached hydrogen (secondary N) is 10. The van der Waals surface area contributed by atoms with Crippen molar-refractivity contribution in [3.8, 4) is 0 Å². The number of aromatic amines is 1. The summed E-state index contributed by atoms with van der Waals surface area (Å²) in [6.45, 7) is 7.22. The second-order valence-corrected chi connectivity index (χ2v) is 16.3. The highest BCUT2D eigenvalue weighted by atomic mass is 32.2. The van der Waals surface area contributed by atoms with Crippen LogP contribution in [0.5, 0.6) is 0 Å². The molecule has 1 heterocycles. The number of aliphatic hydroxyl groups is 1. The molecule has 25 nitrogen and oxygen atoms in total. The van der Waals surface area contributed by atoms with Gasteiger partial charge in [0.2, 0.25) is 47.3 Å². The van der Waals surface area contributed by atoms with E-state index in [1.54, 1.807) is 27.7 Å². The Balaban J connectivity index is 2.71. The SMILES string of the molecule is CSCC[C@H](NC(=O)[C@H](Cc1cnc[nH]1)NC(=O)[C@@H]([NH3+])CO)C(=O)NCCN=C(N)NCCNC(=O)[C@H](CCC(N)=O)NC(=O)CNC(=O)[C@@H](NC(=O)[C@@H](NC(C)=O)C(C)C)C(C)C. The van der Waals surface area contributed by atoms with Crippen LogP contribution in [0.4, 0.5) is 0 Å². The Kier molecular flexibility index (Phi) is 26.4. The molecule has 0 bridgehead atoms. The van der Waals surface area contributed by atoms with Crippen LogP contribution >= 0.6 is 11.8 Å². The number of guanidine groups is 1. The van der Waals surface area contributed by atoms with Gasteiger partial charge in [0.15, 0.2) is 12.0 Å². The molecule has 0 fully saturated rings. The number of amides is 9. The molecule has 1 rings (SSSR count). The first-order valence-electron chi connectivity index (χ1n) is 20.7. The maximum absolute atomic E-state index is 13.3. The van der Waals surface area contributed by atoms with Gasteiger partial charge in [0.1, 0.15) is 36.8 Å². The van der Waals surface area contributed by atoms with Gasteiger partial charge in [0, 0.05) is 51.3 Å². The predicted molar refractivity (Wildman–Crippen MR) is 236 cm³/mol. The summed E-state index contributed by atoms with van der Waals surface area (Å²) in [6, 6.07) is -6.19. The van der Waals surface area contributed by atoms with E-state index in [9.17, 15) is 48.3 Å². The standard InChI is InChI=1S/C38H67N15O10S/c1-20(2)30(53-37(63)31(21(3)4)49-22(5)55)36(62)47-17-29(57)50-25(7-8-28(40)56)33(59)43-10-12-45-38(41)46-13-11-44-34(60)26(9-14-64-6)51-35(61)27(15-23-16-42-19-48-23)52-32(58)24(39)18-54/h16,19-21,24-27,30-31,54H,7-15,17-18,39H2,1-6H3,(H2,40,56)(H,42,48)(H,43,59)(H,44,60)(H,47,62)(H,49,55)(H,50,57)(H,51,61)(H,52,58)(H,53,63)(H3,41,45,46)/p+1/t24-,25-,26-,27-,30-,31-/m0/s1. The lowest BCUT2D eigenvalue weighted by atomic mass is 9.99. The zero-order chi connectivity index (χ0) is 48.4. The summed E-state index contributed by atoms with van der Waals surface area (Å²) in [5, 5.41) is 32.8. The van der Waals surface area contributed by atoms with Crippen molar-refractivity contribution in [2.75, 3.05) is 51.3 Å². The van der Waals surface area contributed by atoms with Gasteiger partial charge in [-0.1, -0.05) is 27.7 Å². The Labute approximate surface area is 376 Å². The van der Waals surface area contributed by atoms with Crippen molar-refractivity contribution < 1.29 is 54.0 Å². The normalized spacial score (nSPS) is 14.1. The molecule has 64 heavy (non-hydrogen) atoms. The van der Waals surface area contributed by atoms with E-state index in [1.165, 1.54) is 31.2 Å². The first-order chi connectivity index (χ1) is 30.2. The number of quaternary nitrogens is 1. The van der Waals surface area contributed by atoms with E-state index in [0.29, 0.717) is 11.4 Å². The molecule has 0 aliphatic rings. The lowest BCUT2D eigenvalue weighted by Gasteiger charge is -2.26. The lowest BCUT2D eigenvalue weighted by molar-refractivity contribution is -0.409. The molecule has 9 amide bonds. The number of rotatable bonds is 30. The van der Waals surface area contributed by atoms with E-state index in [-0.39, 0.29) is 63.7 Å². The van der Waals surface area contributed by atoms with Crippen LogP contribution in [0, 0.1) is 11.8 Å². The Morgan fingerprint density at radius 3 is 1.91 bits per heavy atom. The number of primary amides is 1. The fourth-order valence-electron chi connectivity index (χ4n) is 5.62. The minimum atomic E-state index is -1.20. The number of hydrogen-bond donors (Lipinski definition) is 14. The first-order valence-corrected chi connectivity index (χ1v) is 22.1. The summed E-state index contributed by atoms with van der Waals surface area (Å²) < 4.78 is 0. The highest BCUT2D eigenvalue weighted by Crippen LogP contribution is 2.08. The topological polar surface area (TPSA) is 403 Å². The molecule has 0 spiro atoms. The van der Waals surface area contributed by atoms with Crippen LogP contribution in [0.2, 0.25) is 0 Å². The first kappa shape index (κ1) is 56.0. The van der Waals surface area contributed by atoms with Gasteiger partial charge >= 0.3 is 0 Å². The largest absolute Gasteiger partial charge is 0.390 e. The molecule has 6 atom stereocenters. The number of nitrogens with two attached hydrogens (primary N) is 2. The average molecular weight is 927 g/mol. The average Bonchev–Trinajstić information content (AvgIpc) is 3.76. The van der Waals surface area contributed by atoms with Crippen LogP contribution in [-0.4, -0.2) is 162 Å². The number of H-pyrrole nitrogens is 1. The maximum atomic E-state index is 13.3. The molecule has 1 aromatic rings. The van der Waals surface area contributed by atoms with Crippen molar-refractivity contribution in [3.05, 3.63) is 18.2 Å². The molecule has 0 aliphatic carbocycles. The second kappa shape index (κ2) is 30.1. The van der Waals surface area contributed by atoms with Crippen molar-refractivity contribution >= 4 is 70.9 Å². The number of aromatic nitrogens is 2. The molecular formula is C38H68N15O10S+. The fraction of sp³-hybridized carbons (Fsp3) is 0.658. The molecule has 1 aromatic heterocycles. The maximum Gasteiger partial charge on any atom is 0.281 e. The lowest BCUT2D eigenvalue weighted by Crippen LogP contribution is -2.70. The zero-order valence-electron chi connectivity index (χ0n) is 37.3. The van der Waals surface area contributed by atoms with Gasteiger partial charge in [-0.05, 0) is 36.7 Å². The fourth-order valence-corrected chi connectivity index (χ4v) is 6.09. The van der Waals surface area contributed by atoms with Crippen molar-refractivity contribution in [1.29, 1.82) is 0 Å². The van der Waals surface area contributed by atoms with Gasteiger partial charge in [-0.3, -0.25) is 48.1 Å². The van der Waals surface area contributed by atoms with Gasteiger partial charge in [0.25, 0.3) is 5.91 Å². The van der Waals surface area contributed by atoms with Gasteiger partial charge in [-0.2, -0.15) is 11.8 Å². The van der Waals surface area contributed by atoms with Gasteiger partial charge in [0.05, 0.1) is 19.4 Å². The van der Waals surface area contributed by atoms with E-state index in [4.69, 9.17) is 11.5 Å². The molecule has 0 saturated heterocycles. The predicted octanol–water partition coefficient (Wildman–Crippen LogP) is -6.42. The van der Waals surface area contributed by atoms with Gasteiger partial charge in [-0.25, -0.2) is 4.98 Å². The van der Waals surface area contributed by atoms with Crippen LogP contribution in [0.1, 0.15) is 59.6 Å². The minimum Gasteiger partial charge on any atom is -0.390 e. The monoisotopic (exact) mass is 926 g/mol. The number of aliphatic imine (C=N–C) groups is 1. The molecule has 0 radical (unpaired) electrons. The summed E-state index contributed by atoms with van der Waals surface area (Å²) in [5.41, 5.74) is 15.3. The Morgan fingerprint density at radius 2 is 1.34 bits per heavy atom. The summed E-state index contributed by atoms with van der Waals surface area (Å²) in [7, 11) is 0. The number of thioether (sulfide) groups is 1. The third kappa shape index (κ3) is 22.4. The van der Waals surface area contributed by atoms with Crippen molar-refractivity contribution in [3.63, 3.8) is 0 Å². The van der Waals surface area contributed by atoms with E-state index in [1.807, 2.05) is 6.26 Å². The molecule has 18 N–H and O–H groups in total. The number of aliphatic hydroxyl groups excluding tert-OH is 1.